The molecule has 3 nitrogen and oxygen atoms in total. The highest BCUT2D eigenvalue weighted by atomic mass is 32.1. The SMILES string of the molecule is CCc1cccc(CC)c1NC(=S)NC[C@H](c1cccs1)[NH+](C)C. The standard InChI is InChI=1S/C19H27N3S2/c1-5-14-9-7-10-15(6-2)18(14)21-19(23)20-13-16(22(3)4)17-11-8-12-24-17/h7-12,16H,5-6,13H2,1-4H3,(H2,20,21,23)/p+1/t16-/m1/s1. The molecule has 1 aromatic heterocycles. The summed E-state index contributed by atoms with van der Waals surface area (Å²) in [4.78, 5) is 2.78. The van der Waals surface area contributed by atoms with Crippen molar-refractivity contribution in [1.82, 2.24) is 5.32 Å². The van der Waals surface area contributed by atoms with Crippen LogP contribution in [0.2, 0.25) is 0 Å². The molecule has 0 aliphatic heterocycles. The van der Waals surface area contributed by atoms with Gasteiger partial charge < -0.3 is 15.5 Å². The van der Waals surface area contributed by atoms with Crippen LogP contribution < -0.4 is 15.5 Å². The summed E-state index contributed by atoms with van der Waals surface area (Å²) in [6.07, 6.45) is 2.00. The molecule has 0 spiro atoms. The van der Waals surface area contributed by atoms with Crippen molar-refractivity contribution in [3.8, 4) is 0 Å². The van der Waals surface area contributed by atoms with Crippen molar-refractivity contribution in [2.24, 2.45) is 0 Å². The molecule has 3 N–H and O–H groups in total. The Labute approximate surface area is 155 Å². The van der Waals surface area contributed by atoms with E-state index in [4.69, 9.17) is 12.2 Å². The van der Waals surface area contributed by atoms with Gasteiger partial charge in [-0.3, -0.25) is 0 Å². The fourth-order valence-corrected chi connectivity index (χ4v) is 3.97. The predicted molar refractivity (Wildman–Crippen MR) is 109 cm³/mol. The van der Waals surface area contributed by atoms with Gasteiger partial charge in [-0.15, -0.1) is 11.3 Å². The Kier molecular flexibility index (Phi) is 7.21. The minimum Gasteiger partial charge on any atom is -0.356 e. The molecule has 0 saturated carbocycles. The molecule has 0 radical (unpaired) electrons. The van der Waals surface area contributed by atoms with Gasteiger partial charge in [-0.05, 0) is 47.6 Å². The average molecular weight is 363 g/mol. The number of hydrogen-bond donors (Lipinski definition) is 3. The zero-order chi connectivity index (χ0) is 17.5. The number of rotatable bonds is 7. The molecular weight excluding hydrogens is 334 g/mol. The highest BCUT2D eigenvalue weighted by molar-refractivity contribution is 7.80. The van der Waals surface area contributed by atoms with Crippen molar-refractivity contribution in [3.05, 3.63) is 51.7 Å². The first kappa shape index (κ1) is 18.9. The number of nitrogens with one attached hydrogen (secondary N) is 3. The summed E-state index contributed by atoms with van der Waals surface area (Å²) in [5.74, 6) is 0. The van der Waals surface area contributed by atoms with Gasteiger partial charge in [0.2, 0.25) is 0 Å². The van der Waals surface area contributed by atoms with Gasteiger partial charge in [-0.2, -0.15) is 0 Å². The molecule has 1 atom stereocenters. The van der Waals surface area contributed by atoms with Gasteiger partial charge in [-0.25, -0.2) is 0 Å². The number of likely N-dealkylation sites (N-methyl/N-ethyl adjacent to an activating group) is 1. The molecule has 0 fully saturated rings. The minimum absolute atomic E-state index is 0.400. The molecule has 0 aliphatic carbocycles. The van der Waals surface area contributed by atoms with Crippen molar-refractivity contribution < 1.29 is 4.90 Å². The second-order valence-corrected chi connectivity index (χ2v) is 7.53. The van der Waals surface area contributed by atoms with Gasteiger partial charge >= 0.3 is 0 Å². The smallest absolute Gasteiger partial charge is 0.171 e. The van der Waals surface area contributed by atoms with Gasteiger partial charge in [0.25, 0.3) is 0 Å². The highest BCUT2D eigenvalue weighted by Crippen LogP contribution is 2.22. The Morgan fingerprint density at radius 1 is 1.12 bits per heavy atom. The lowest BCUT2D eigenvalue weighted by atomic mass is 10.0. The fraction of sp³-hybridized carbons (Fsp3) is 0.421. The monoisotopic (exact) mass is 362 g/mol. The van der Waals surface area contributed by atoms with E-state index in [9.17, 15) is 0 Å². The molecule has 24 heavy (non-hydrogen) atoms. The van der Waals surface area contributed by atoms with E-state index in [0.29, 0.717) is 11.2 Å². The molecule has 1 heterocycles. The summed E-state index contributed by atoms with van der Waals surface area (Å²) >= 11 is 7.36. The van der Waals surface area contributed by atoms with E-state index in [-0.39, 0.29) is 0 Å². The summed E-state index contributed by atoms with van der Waals surface area (Å²) in [7, 11) is 4.37. The summed E-state index contributed by atoms with van der Waals surface area (Å²) in [5.41, 5.74) is 3.79. The van der Waals surface area contributed by atoms with Crippen LogP contribution >= 0.6 is 23.6 Å². The van der Waals surface area contributed by atoms with Gasteiger partial charge in [0.15, 0.2) is 5.11 Å². The van der Waals surface area contributed by atoms with E-state index in [1.807, 2.05) is 0 Å². The lowest BCUT2D eigenvalue weighted by Gasteiger charge is -2.22. The zero-order valence-corrected chi connectivity index (χ0v) is 16.6. The van der Waals surface area contributed by atoms with Gasteiger partial charge in [-0.1, -0.05) is 38.1 Å². The van der Waals surface area contributed by atoms with E-state index in [0.717, 1.165) is 19.4 Å². The first-order valence-electron chi connectivity index (χ1n) is 8.55. The second kappa shape index (κ2) is 9.16. The third-order valence-electron chi connectivity index (χ3n) is 4.29. The van der Waals surface area contributed by atoms with Crippen LogP contribution in [0.25, 0.3) is 0 Å². The first-order valence-corrected chi connectivity index (χ1v) is 9.84. The largest absolute Gasteiger partial charge is 0.356 e. The van der Waals surface area contributed by atoms with Crippen LogP contribution in [0, 0.1) is 0 Å². The molecule has 0 amide bonds. The van der Waals surface area contributed by atoms with Crippen LogP contribution in [0.3, 0.4) is 0 Å². The van der Waals surface area contributed by atoms with Gasteiger partial charge in [0.1, 0.15) is 6.04 Å². The quantitative estimate of drug-likeness (QED) is 0.661. The molecule has 1 aromatic carbocycles. The number of hydrogen-bond acceptors (Lipinski definition) is 2. The van der Waals surface area contributed by atoms with E-state index in [1.165, 1.54) is 26.6 Å². The first-order chi connectivity index (χ1) is 11.6. The number of para-hydroxylation sites is 1. The predicted octanol–water partition coefficient (Wildman–Crippen LogP) is 3.05. The topological polar surface area (TPSA) is 28.5 Å². The minimum atomic E-state index is 0.400. The van der Waals surface area contributed by atoms with Crippen LogP contribution in [-0.4, -0.2) is 25.8 Å². The summed E-state index contributed by atoms with van der Waals surface area (Å²) in [6.45, 7) is 5.18. The molecular formula is C19H28N3S2+. The maximum Gasteiger partial charge on any atom is 0.171 e. The molecule has 0 unspecified atom stereocenters. The lowest BCUT2D eigenvalue weighted by Crippen LogP contribution is -3.06. The van der Waals surface area contributed by atoms with Crippen molar-refractivity contribution in [2.45, 2.75) is 32.7 Å². The lowest BCUT2D eigenvalue weighted by molar-refractivity contribution is -0.890. The molecule has 5 heteroatoms. The molecule has 0 saturated heterocycles. The third-order valence-corrected chi connectivity index (χ3v) is 5.52. The Balaban J connectivity index is 2.03. The van der Waals surface area contributed by atoms with E-state index >= 15 is 0 Å². The fourth-order valence-electron chi connectivity index (χ4n) is 2.83. The van der Waals surface area contributed by atoms with Crippen molar-refractivity contribution >= 4 is 34.4 Å². The highest BCUT2D eigenvalue weighted by Gasteiger charge is 2.19. The van der Waals surface area contributed by atoms with Crippen LogP contribution in [0.1, 0.15) is 35.9 Å². The summed E-state index contributed by atoms with van der Waals surface area (Å²) in [5, 5.41) is 9.68. The third kappa shape index (κ3) is 4.79. The van der Waals surface area contributed by atoms with Crippen molar-refractivity contribution in [1.29, 1.82) is 0 Å². The van der Waals surface area contributed by atoms with Crippen molar-refractivity contribution in [3.63, 3.8) is 0 Å². The molecule has 2 rings (SSSR count). The summed E-state index contributed by atoms with van der Waals surface area (Å²) < 4.78 is 0. The molecule has 0 aliphatic rings. The van der Waals surface area contributed by atoms with E-state index in [2.05, 4.69) is 74.3 Å². The molecule has 130 valence electrons. The Hall–Kier alpha value is -1.43. The van der Waals surface area contributed by atoms with Crippen LogP contribution in [-0.2, 0) is 12.8 Å². The van der Waals surface area contributed by atoms with Gasteiger partial charge in [0, 0.05) is 5.69 Å². The number of thiophene rings is 1. The Morgan fingerprint density at radius 3 is 2.29 bits per heavy atom. The number of quaternary nitrogens is 1. The Bertz CT molecular complexity index is 628. The zero-order valence-electron chi connectivity index (χ0n) is 15.0. The molecule has 2 aromatic rings. The molecule has 0 bridgehead atoms. The van der Waals surface area contributed by atoms with E-state index in [1.54, 1.807) is 11.3 Å². The van der Waals surface area contributed by atoms with Gasteiger partial charge in [0.05, 0.1) is 25.5 Å². The number of thiocarbonyl (C=S) groups is 1. The number of aryl methyl sites for hydroxylation is 2. The number of benzene rings is 1. The van der Waals surface area contributed by atoms with Crippen LogP contribution in [0.5, 0.6) is 0 Å². The van der Waals surface area contributed by atoms with Crippen molar-refractivity contribution in [2.75, 3.05) is 26.0 Å². The summed E-state index contributed by atoms with van der Waals surface area (Å²) in [6, 6.07) is 11.2. The normalized spacial score (nSPS) is 12.2. The van der Waals surface area contributed by atoms with Crippen LogP contribution in [0.15, 0.2) is 35.7 Å². The van der Waals surface area contributed by atoms with E-state index < -0.39 is 0 Å². The average Bonchev–Trinajstić information content (AvgIpc) is 3.09. The second-order valence-electron chi connectivity index (χ2n) is 6.14. The Morgan fingerprint density at radius 2 is 1.79 bits per heavy atom. The van der Waals surface area contributed by atoms with Crippen LogP contribution in [0.4, 0.5) is 5.69 Å². The maximum atomic E-state index is 5.56. The number of anilines is 1. The maximum absolute atomic E-state index is 5.56.